The summed E-state index contributed by atoms with van der Waals surface area (Å²) in [6.45, 7) is 0. The van der Waals surface area contributed by atoms with E-state index in [9.17, 15) is 0 Å². The maximum absolute atomic E-state index is 6.27. The van der Waals surface area contributed by atoms with Crippen LogP contribution >= 0.6 is 0 Å². The Kier molecular flexibility index (Phi) is 10.8. The molecule has 1 aliphatic carbocycles. The van der Waals surface area contributed by atoms with E-state index in [0.717, 1.165) is 116 Å². The lowest BCUT2D eigenvalue weighted by molar-refractivity contribution is 0.668. The van der Waals surface area contributed by atoms with E-state index in [1.54, 1.807) is 0 Å². The molecule has 0 amide bonds. The third-order valence-electron chi connectivity index (χ3n) is 16.6. The van der Waals surface area contributed by atoms with E-state index in [1.165, 1.54) is 33.4 Å². The van der Waals surface area contributed by atoms with Gasteiger partial charge in [-0.05, 0) is 151 Å². The van der Waals surface area contributed by atoms with Gasteiger partial charge in [-0.1, -0.05) is 218 Å². The van der Waals surface area contributed by atoms with Crippen LogP contribution in [0, 0.1) is 0 Å². The highest BCUT2D eigenvalue weighted by molar-refractivity contribution is 6.08. The fourth-order valence-corrected chi connectivity index (χ4v) is 12.7. The molecule has 15 aromatic rings. The molecule has 81 heavy (non-hydrogen) atoms. The number of fused-ring (bicyclic) bond motifs is 9. The molecule has 0 aliphatic heterocycles. The molecule has 0 fully saturated rings. The van der Waals surface area contributed by atoms with Crippen molar-refractivity contribution >= 4 is 43.9 Å². The SMILES string of the molecule is c1ccc(-c2nc(-c3ccc(-c4cccc(-c5cc(-c6ccc7oc8ccccc8c7c6)cc(-c6ccc7oc8ccccc8c7c6)c5)c4)cc3)cc(-c3ccc4c(c3)C(c3ccccc3)(c3ccccc3)c3ccccc3-4)n2)cc1. The minimum atomic E-state index is -0.530. The van der Waals surface area contributed by atoms with Gasteiger partial charge >= 0.3 is 0 Å². The molecule has 0 saturated heterocycles. The smallest absolute Gasteiger partial charge is 0.160 e. The van der Waals surface area contributed by atoms with E-state index in [0.29, 0.717) is 5.82 Å². The molecule has 16 rings (SSSR count). The van der Waals surface area contributed by atoms with Crippen LogP contribution in [0.3, 0.4) is 0 Å². The van der Waals surface area contributed by atoms with Gasteiger partial charge in [0.05, 0.1) is 16.8 Å². The molecule has 4 nitrogen and oxygen atoms in total. The van der Waals surface area contributed by atoms with Crippen molar-refractivity contribution in [2.24, 2.45) is 0 Å². The number of benzene rings is 12. The van der Waals surface area contributed by atoms with Crippen molar-refractivity contribution in [3.8, 4) is 89.5 Å². The van der Waals surface area contributed by atoms with Gasteiger partial charge in [-0.15, -0.1) is 0 Å². The summed E-state index contributed by atoms with van der Waals surface area (Å²) in [5.41, 5.74) is 24.1. The van der Waals surface area contributed by atoms with Crippen molar-refractivity contribution in [1.82, 2.24) is 9.97 Å². The lowest BCUT2D eigenvalue weighted by Gasteiger charge is -2.34. The summed E-state index contributed by atoms with van der Waals surface area (Å²) in [6.07, 6.45) is 0. The number of hydrogen-bond acceptors (Lipinski definition) is 4. The first kappa shape index (κ1) is 46.4. The first-order valence-electron chi connectivity index (χ1n) is 27.6. The largest absolute Gasteiger partial charge is 0.456 e. The fourth-order valence-electron chi connectivity index (χ4n) is 12.7. The Morgan fingerprint density at radius 3 is 1.26 bits per heavy atom. The van der Waals surface area contributed by atoms with E-state index in [1.807, 2.05) is 30.3 Å². The van der Waals surface area contributed by atoms with Gasteiger partial charge in [0.2, 0.25) is 0 Å². The normalized spacial score (nSPS) is 12.5. The highest BCUT2D eigenvalue weighted by Crippen LogP contribution is 2.57. The monoisotopic (exact) mass is 1030 g/mol. The summed E-state index contributed by atoms with van der Waals surface area (Å²) in [6, 6.07) is 104. The quantitative estimate of drug-likeness (QED) is 0.145. The highest BCUT2D eigenvalue weighted by atomic mass is 16.3. The van der Waals surface area contributed by atoms with Gasteiger partial charge in [0.1, 0.15) is 22.3 Å². The lowest BCUT2D eigenvalue weighted by Crippen LogP contribution is -2.28. The van der Waals surface area contributed by atoms with Crippen LogP contribution < -0.4 is 0 Å². The average molecular weight is 1030 g/mol. The molecule has 0 bridgehead atoms. The maximum Gasteiger partial charge on any atom is 0.160 e. The van der Waals surface area contributed by atoms with Crippen molar-refractivity contribution in [2.45, 2.75) is 5.41 Å². The second-order valence-corrected chi connectivity index (χ2v) is 21.2. The molecule has 3 heterocycles. The van der Waals surface area contributed by atoms with Crippen molar-refractivity contribution in [3.63, 3.8) is 0 Å². The summed E-state index contributed by atoms with van der Waals surface area (Å²) in [4.78, 5) is 10.6. The first-order chi connectivity index (χ1) is 40.1. The van der Waals surface area contributed by atoms with Crippen molar-refractivity contribution in [3.05, 3.63) is 313 Å². The summed E-state index contributed by atoms with van der Waals surface area (Å²) in [5.74, 6) is 0.679. The minimum absolute atomic E-state index is 0.530. The Balaban J connectivity index is 0.790. The van der Waals surface area contributed by atoms with E-state index in [2.05, 4.69) is 261 Å². The van der Waals surface area contributed by atoms with Crippen LogP contribution in [0.4, 0.5) is 0 Å². The molecular weight excluding hydrogens is 985 g/mol. The third-order valence-corrected chi connectivity index (χ3v) is 16.6. The molecule has 0 spiro atoms. The molecular formula is C77H48N2O2. The number of nitrogens with zero attached hydrogens (tertiary/aromatic N) is 2. The predicted molar refractivity (Wildman–Crippen MR) is 332 cm³/mol. The zero-order valence-corrected chi connectivity index (χ0v) is 43.9. The average Bonchev–Trinajstić information content (AvgIpc) is 4.09. The Hall–Kier alpha value is -10.7. The Morgan fingerprint density at radius 1 is 0.235 bits per heavy atom. The fraction of sp³-hybridized carbons (Fsp3) is 0.0130. The second-order valence-electron chi connectivity index (χ2n) is 21.2. The number of aromatic nitrogens is 2. The van der Waals surface area contributed by atoms with Crippen LogP contribution in [0.2, 0.25) is 0 Å². The third kappa shape index (κ3) is 7.75. The Labute approximate surface area is 468 Å². The molecule has 0 saturated carbocycles. The predicted octanol–water partition coefficient (Wildman–Crippen LogP) is 20.3. The van der Waals surface area contributed by atoms with Gasteiger partial charge in [-0.25, -0.2) is 9.97 Å². The molecule has 0 atom stereocenters. The minimum Gasteiger partial charge on any atom is -0.456 e. The van der Waals surface area contributed by atoms with Crippen LogP contribution in [0.25, 0.3) is 133 Å². The van der Waals surface area contributed by atoms with Crippen LogP contribution in [0.1, 0.15) is 22.3 Å². The number of para-hydroxylation sites is 2. The topological polar surface area (TPSA) is 52.1 Å². The Morgan fingerprint density at radius 2 is 0.654 bits per heavy atom. The summed E-state index contributed by atoms with van der Waals surface area (Å²) >= 11 is 0. The van der Waals surface area contributed by atoms with Gasteiger partial charge in [-0.2, -0.15) is 0 Å². The standard InChI is InChI=1S/C77H48N2O2/c1-4-17-51(18-5-1)76-78-70(48-71(79-76)56-35-38-63-62-25-10-13-28-68(62)77(69(63)47-56,60-21-6-2-7-22-60)61-23-8-3-9-24-61)50-33-31-49(32-34-50)52-19-16-20-53(41-52)57-42-58(54-36-39-74-66(45-54)64-26-11-14-29-72(64)80-74)44-59(43-57)55-37-40-75-67(46-55)65-27-12-15-30-73(65)81-75/h1-48H. The molecule has 0 unspecified atom stereocenters. The van der Waals surface area contributed by atoms with Crippen molar-refractivity contribution in [1.29, 1.82) is 0 Å². The highest BCUT2D eigenvalue weighted by Gasteiger charge is 2.46. The van der Waals surface area contributed by atoms with Gasteiger partial charge in [0, 0.05) is 38.2 Å². The zero-order chi connectivity index (χ0) is 53.4. The number of hydrogen-bond donors (Lipinski definition) is 0. The van der Waals surface area contributed by atoms with Gasteiger partial charge in [-0.3, -0.25) is 0 Å². The molecule has 0 radical (unpaired) electrons. The zero-order valence-electron chi connectivity index (χ0n) is 43.9. The van der Waals surface area contributed by atoms with Crippen LogP contribution in [0.15, 0.2) is 300 Å². The Bertz CT molecular complexity index is 4750. The summed E-state index contributed by atoms with van der Waals surface area (Å²) < 4.78 is 12.5. The second kappa shape index (κ2) is 18.8. The summed E-state index contributed by atoms with van der Waals surface area (Å²) in [5, 5.41) is 4.42. The van der Waals surface area contributed by atoms with Gasteiger partial charge in [0.15, 0.2) is 5.82 Å². The van der Waals surface area contributed by atoms with Crippen LogP contribution in [-0.2, 0) is 5.41 Å². The number of rotatable bonds is 9. The van der Waals surface area contributed by atoms with Crippen molar-refractivity contribution < 1.29 is 8.83 Å². The van der Waals surface area contributed by atoms with Gasteiger partial charge in [0.25, 0.3) is 0 Å². The van der Waals surface area contributed by atoms with Crippen LogP contribution in [-0.4, -0.2) is 9.97 Å². The molecule has 378 valence electrons. The number of furan rings is 2. The van der Waals surface area contributed by atoms with Gasteiger partial charge < -0.3 is 8.83 Å². The van der Waals surface area contributed by atoms with E-state index in [4.69, 9.17) is 18.8 Å². The van der Waals surface area contributed by atoms with E-state index in [-0.39, 0.29) is 0 Å². The van der Waals surface area contributed by atoms with Crippen LogP contribution in [0.5, 0.6) is 0 Å². The van der Waals surface area contributed by atoms with E-state index >= 15 is 0 Å². The molecule has 0 N–H and O–H groups in total. The molecule has 4 heteroatoms. The molecule has 1 aliphatic rings. The maximum atomic E-state index is 6.27. The molecule has 12 aromatic carbocycles. The summed E-state index contributed by atoms with van der Waals surface area (Å²) in [7, 11) is 0. The molecule has 3 aromatic heterocycles. The lowest BCUT2D eigenvalue weighted by atomic mass is 9.67. The first-order valence-corrected chi connectivity index (χ1v) is 27.6. The van der Waals surface area contributed by atoms with E-state index < -0.39 is 5.41 Å². The van der Waals surface area contributed by atoms with Crippen molar-refractivity contribution in [2.75, 3.05) is 0 Å².